The molecule has 1 atom stereocenters. The molecule has 1 aromatic heterocycles. The van der Waals surface area contributed by atoms with Crippen LogP contribution in [-0.2, 0) is 12.7 Å². The number of nitrogens with one attached hydrogen (secondary N) is 1. The van der Waals surface area contributed by atoms with Crippen molar-refractivity contribution in [3.8, 4) is 0 Å². The van der Waals surface area contributed by atoms with E-state index in [4.69, 9.17) is 4.52 Å². The fraction of sp³-hybridized carbons (Fsp3) is 0.385. The van der Waals surface area contributed by atoms with Gasteiger partial charge in [0.25, 0.3) is 0 Å². The predicted molar refractivity (Wildman–Crippen MR) is 65.7 cm³/mol. The third-order valence-corrected chi connectivity index (χ3v) is 2.84. The summed E-state index contributed by atoms with van der Waals surface area (Å²) in [6.07, 6.45) is -4.33. The zero-order chi connectivity index (χ0) is 14.8. The van der Waals surface area contributed by atoms with Crippen LogP contribution < -0.4 is 5.32 Å². The van der Waals surface area contributed by atoms with E-state index in [1.807, 2.05) is 0 Å². The van der Waals surface area contributed by atoms with Gasteiger partial charge in [-0.15, -0.1) is 0 Å². The molecule has 0 spiro atoms. The summed E-state index contributed by atoms with van der Waals surface area (Å²) in [6.45, 7) is 3.78. The predicted octanol–water partition coefficient (Wildman–Crippen LogP) is 3.25. The second-order valence-electron chi connectivity index (χ2n) is 4.46. The van der Waals surface area contributed by atoms with Crippen LogP contribution in [0.2, 0.25) is 0 Å². The largest absolute Gasteiger partial charge is 0.416 e. The SMILES string of the molecule is Cc1noc(CNC(C)c2cccc(C(F)(F)F)c2)n1. The Hall–Kier alpha value is -1.89. The average molecular weight is 285 g/mol. The maximum absolute atomic E-state index is 12.6. The van der Waals surface area contributed by atoms with E-state index >= 15 is 0 Å². The summed E-state index contributed by atoms with van der Waals surface area (Å²) in [5.41, 5.74) is -0.103. The van der Waals surface area contributed by atoms with Gasteiger partial charge < -0.3 is 9.84 Å². The molecular formula is C13H14F3N3O. The van der Waals surface area contributed by atoms with E-state index in [2.05, 4.69) is 15.5 Å². The van der Waals surface area contributed by atoms with Gasteiger partial charge in [-0.2, -0.15) is 18.2 Å². The van der Waals surface area contributed by atoms with Crippen molar-refractivity contribution < 1.29 is 17.7 Å². The first kappa shape index (κ1) is 14.5. The summed E-state index contributed by atoms with van der Waals surface area (Å²) in [5.74, 6) is 0.926. The topological polar surface area (TPSA) is 51.0 Å². The van der Waals surface area contributed by atoms with Gasteiger partial charge in [0, 0.05) is 6.04 Å². The van der Waals surface area contributed by atoms with Crippen LogP contribution in [0.25, 0.3) is 0 Å². The lowest BCUT2D eigenvalue weighted by Crippen LogP contribution is -2.19. The number of aryl methyl sites for hydroxylation is 1. The average Bonchev–Trinajstić information content (AvgIpc) is 2.81. The van der Waals surface area contributed by atoms with Crippen molar-refractivity contribution in [3.05, 3.63) is 47.1 Å². The van der Waals surface area contributed by atoms with Crippen molar-refractivity contribution in [2.45, 2.75) is 32.6 Å². The molecule has 0 aliphatic rings. The van der Waals surface area contributed by atoms with Crippen LogP contribution in [-0.4, -0.2) is 10.1 Å². The summed E-state index contributed by atoms with van der Waals surface area (Å²) < 4.78 is 42.8. The highest BCUT2D eigenvalue weighted by molar-refractivity contribution is 5.27. The lowest BCUT2D eigenvalue weighted by Gasteiger charge is -2.15. The van der Waals surface area contributed by atoms with Crippen molar-refractivity contribution in [3.63, 3.8) is 0 Å². The molecule has 0 aliphatic heterocycles. The fourth-order valence-corrected chi connectivity index (χ4v) is 1.75. The van der Waals surface area contributed by atoms with Crippen LogP contribution in [0.1, 0.15) is 35.8 Å². The van der Waals surface area contributed by atoms with Crippen LogP contribution >= 0.6 is 0 Å². The molecule has 108 valence electrons. The molecule has 4 nitrogen and oxygen atoms in total. The number of nitrogens with zero attached hydrogens (tertiary/aromatic N) is 2. The molecule has 1 aromatic carbocycles. The van der Waals surface area contributed by atoms with E-state index in [0.29, 0.717) is 23.8 Å². The number of hydrogen-bond acceptors (Lipinski definition) is 4. The van der Waals surface area contributed by atoms with E-state index in [1.165, 1.54) is 6.07 Å². The Kier molecular flexibility index (Phi) is 4.08. The highest BCUT2D eigenvalue weighted by Gasteiger charge is 2.30. The van der Waals surface area contributed by atoms with Crippen molar-refractivity contribution in [1.82, 2.24) is 15.5 Å². The van der Waals surface area contributed by atoms with Crippen LogP contribution in [0.3, 0.4) is 0 Å². The Labute approximate surface area is 114 Å². The van der Waals surface area contributed by atoms with Gasteiger partial charge >= 0.3 is 6.18 Å². The molecule has 0 aliphatic carbocycles. The van der Waals surface area contributed by atoms with Crippen molar-refractivity contribution in [2.75, 3.05) is 0 Å². The first-order valence-corrected chi connectivity index (χ1v) is 6.06. The smallest absolute Gasteiger partial charge is 0.338 e. The molecule has 0 radical (unpaired) electrons. The van der Waals surface area contributed by atoms with Crippen LogP contribution in [0, 0.1) is 6.92 Å². The Morgan fingerprint density at radius 3 is 2.70 bits per heavy atom. The van der Waals surface area contributed by atoms with Gasteiger partial charge in [0.2, 0.25) is 5.89 Å². The molecule has 0 amide bonds. The fourth-order valence-electron chi connectivity index (χ4n) is 1.75. The lowest BCUT2D eigenvalue weighted by atomic mass is 10.0. The number of alkyl halides is 3. The van der Waals surface area contributed by atoms with E-state index in [1.54, 1.807) is 19.9 Å². The lowest BCUT2D eigenvalue weighted by molar-refractivity contribution is -0.137. The molecule has 0 saturated heterocycles. The number of halogens is 3. The summed E-state index contributed by atoms with van der Waals surface area (Å²) in [6, 6.07) is 4.97. The summed E-state index contributed by atoms with van der Waals surface area (Å²) in [4.78, 5) is 4.01. The van der Waals surface area contributed by atoms with Gasteiger partial charge in [0.05, 0.1) is 12.1 Å². The molecule has 0 bridgehead atoms. The van der Waals surface area contributed by atoms with Gasteiger partial charge in [-0.3, -0.25) is 0 Å². The number of hydrogen-bond donors (Lipinski definition) is 1. The van der Waals surface area contributed by atoms with Gasteiger partial charge in [-0.05, 0) is 31.5 Å². The van der Waals surface area contributed by atoms with Crippen LogP contribution in [0.4, 0.5) is 13.2 Å². The Morgan fingerprint density at radius 1 is 1.35 bits per heavy atom. The number of benzene rings is 1. The number of aromatic nitrogens is 2. The zero-order valence-electron chi connectivity index (χ0n) is 11.0. The van der Waals surface area contributed by atoms with Gasteiger partial charge in [0.1, 0.15) is 0 Å². The van der Waals surface area contributed by atoms with E-state index in [-0.39, 0.29) is 6.04 Å². The van der Waals surface area contributed by atoms with Crippen LogP contribution in [0.15, 0.2) is 28.8 Å². The van der Waals surface area contributed by atoms with Crippen LogP contribution in [0.5, 0.6) is 0 Å². The first-order chi connectivity index (χ1) is 9.36. The van der Waals surface area contributed by atoms with Gasteiger partial charge in [0.15, 0.2) is 5.82 Å². The highest BCUT2D eigenvalue weighted by atomic mass is 19.4. The molecule has 2 rings (SSSR count). The molecule has 1 N–H and O–H groups in total. The van der Waals surface area contributed by atoms with Crippen molar-refractivity contribution in [1.29, 1.82) is 0 Å². The maximum Gasteiger partial charge on any atom is 0.416 e. The summed E-state index contributed by atoms with van der Waals surface area (Å²) in [5, 5.41) is 6.68. The second-order valence-corrected chi connectivity index (χ2v) is 4.46. The van der Waals surface area contributed by atoms with E-state index < -0.39 is 11.7 Å². The third-order valence-electron chi connectivity index (χ3n) is 2.84. The summed E-state index contributed by atoms with van der Waals surface area (Å²) in [7, 11) is 0. The normalized spacial score (nSPS) is 13.4. The minimum absolute atomic E-state index is 0.260. The van der Waals surface area contributed by atoms with Crippen molar-refractivity contribution in [2.24, 2.45) is 0 Å². The standard InChI is InChI=1S/C13H14F3N3O/c1-8(17-7-12-18-9(2)19-20-12)10-4-3-5-11(6-10)13(14,15)16/h3-6,8,17H,7H2,1-2H3. The Morgan fingerprint density at radius 2 is 2.10 bits per heavy atom. The summed E-state index contributed by atoms with van der Waals surface area (Å²) >= 11 is 0. The van der Waals surface area contributed by atoms with Crippen molar-refractivity contribution >= 4 is 0 Å². The van der Waals surface area contributed by atoms with Gasteiger partial charge in [-0.25, -0.2) is 0 Å². The Balaban J connectivity index is 2.03. The monoisotopic (exact) mass is 285 g/mol. The minimum atomic E-state index is -4.33. The van der Waals surface area contributed by atoms with E-state index in [0.717, 1.165) is 12.1 Å². The molecule has 1 unspecified atom stereocenters. The zero-order valence-corrected chi connectivity index (χ0v) is 11.0. The molecule has 0 fully saturated rings. The molecule has 1 heterocycles. The first-order valence-electron chi connectivity index (χ1n) is 6.06. The molecule has 2 aromatic rings. The Bertz CT molecular complexity index is 580. The maximum atomic E-state index is 12.6. The number of rotatable bonds is 4. The second kappa shape index (κ2) is 5.62. The molecule has 7 heteroatoms. The third kappa shape index (κ3) is 3.57. The molecular weight excluding hydrogens is 271 g/mol. The van der Waals surface area contributed by atoms with E-state index in [9.17, 15) is 13.2 Å². The van der Waals surface area contributed by atoms with Gasteiger partial charge in [-0.1, -0.05) is 17.3 Å². The quantitative estimate of drug-likeness (QED) is 0.937. The highest BCUT2D eigenvalue weighted by Crippen LogP contribution is 2.30. The molecule has 20 heavy (non-hydrogen) atoms. The minimum Gasteiger partial charge on any atom is -0.338 e. The molecule has 0 saturated carbocycles.